The Morgan fingerprint density at radius 3 is 2.81 bits per heavy atom. The standard InChI is InChI=1S/C9H16N4O2S/c1-4-15-7(14)5-16-9-12-11-8(10)13(9)6(2)3/h6H,4-5H2,1-3H3,(H2,10,11). The van der Waals surface area contributed by atoms with E-state index in [1.54, 1.807) is 11.5 Å². The van der Waals surface area contributed by atoms with E-state index in [9.17, 15) is 4.79 Å². The van der Waals surface area contributed by atoms with Crippen molar-refractivity contribution < 1.29 is 9.53 Å². The second kappa shape index (κ2) is 5.74. The van der Waals surface area contributed by atoms with Crippen molar-refractivity contribution in [2.45, 2.75) is 32.0 Å². The highest BCUT2D eigenvalue weighted by molar-refractivity contribution is 7.99. The number of nitrogens with two attached hydrogens (primary N) is 1. The van der Waals surface area contributed by atoms with Crippen molar-refractivity contribution in [3.8, 4) is 0 Å². The minimum absolute atomic E-state index is 0.166. The Balaban J connectivity index is 2.64. The van der Waals surface area contributed by atoms with E-state index in [1.807, 2.05) is 13.8 Å². The smallest absolute Gasteiger partial charge is 0.316 e. The molecule has 0 fully saturated rings. The SMILES string of the molecule is CCOC(=O)CSc1nnc(N)n1C(C)C. The molecule has 7 heteroatoms. The van der Waals surface area contributed by atoms with Crippen LogP contribution in [-0.4, -0.2) is 33.1 Å². The van der Waals surface area contributed by atoms with E-state index in [4.69, 9.17) is 10.5 Å². The fourth-order valence-electron chi connectivity index (χ4n) is 1.20. The van der Waals surface area contributed by atoms with Gasteiger partial charge in [0.2, 0.25) is 5.95 Å². The summed E-state index contributed by atoms with van der Waals surface area (Å²) in [5.41, 5.74) is 5.67. The molecule has 0 saturated carbocycles. The van der Waals surface area contributed by atoms with Crippen LogP contribution >= 0.6 is 11.8 Å². The summed E-state index contributed by atoms with van der Waals surface area (Å²) in [6.45, 7) is 6.12. The first-order valence-electron chi connectivity index (χ1n) is 5.05. The van der Waals surface area contributed by atoms with Crippen LogP contribution in [0.5, 0.6) is 0 Å². The van der Waals surface area contributed by atoms with Crippen LogP contribution in [0.3, 0.4) is 0 Å². The molecule has 6 nitrogen and oxygen atoms in total. The Morgan fingerprint density at radius 1 is 1.56 bits per heavy atom. The van der Waals surface area contributed by atoms with Gasteiger partial charge in [0.15, 0.2) is 5.16 Å². The average molecular weight is 244 g/mol. The molecule has 1 heterocycles. The largest absolute Gasteiger partial charge is 0.465 e. The van der Waals surface area contributed by atoms with Gasteiger partial charge < -0.3 is 10.5 Å². The lowest BCUT2D eigenvalue weighted by molar-refractivity contribution is -0.139. The lowest BCUT2D eigenvalue weighted by Gasteiger charge is -2.10. The molecule has 1 rings (SSSR count). The maximum absolute atomic E-state index is 11.2. The monoisotopic (exact) mass is 244 g/mol. The molecule has 0 unspecified atom stereocenters. The lowest BCUT2D eigenvalue weighted by atomic mass is 10.4. The molecule has 0 saturated heterocycles. The number of nitrogen functional groups attached to an aromatic ring is 1. The van der Waals surface area contributed by atoms with E-state index in [1.165, 1.54) is 11.8 Å². The highest BCUT2D eigenvalue weighted by Crippen LogP contribution is 2.22. The van der Waals surface area contributed by atoms with Gasteiger partial charge in [-0.2, -0.15) is 0 Å². The first-order valence-corrected chi connectivity index (χ1v) is 6.03. The van der Waals surface area contributed by atoms with E-state index in [2.05, 4.69) is 10.2 Å². The van der Waals surface area contributed by atoms with Gasteiger partial charge in [0.1, 0.15) is 0 Å². The van der Waals surface area contributed by atoms with Crippen molar-refractivity contribution in [1.29, 1.82) is 0 Å². The van der Waals surface area contributed by atoms with Crippen molar-refractivity contribution in [1.82, 2.24) is 14.8 Å². The summed E-state index contributed by atoms with van der Waals surface area (Å²) >= 11 is 1.28. The molecule has 0 spiro atoms. The van der Waals surface area contributed by atoms with E-state index >= 15 is 0 Å². The number of rotatable bonds is 5. The highest BCUT2D eigenvalue weighted by Gasteiger charge is 2.14. The average Bonchev–Trinajstić information content (AvgIpc) is 2.57. The third-order valence-corrected chi connectivity index (χ3v) is 2.75. The van der Waals surface area contributed by atoms with Gasteiger partial charge in [0.25, 0.3) is 0 Å². The molecule has 0 aliphatic heterocycles. The number of nitrogens with zero attached hydrogens (tertiary/aromatic N) is 3. The zero-order valence-electron chi connectivity index (χ0n) is 9.64. The number of anilines is 1. The molecule has 16 heavy (non-hydrogen) atoms. The van der Waals surface area contributed by atoms with E-state index in [-0.39, 0.29) is 17.8 Å². The van der Waals surface area contributed by atoms with Crippen LogP contribution in [0.1, 0.15) is 26.8 Å². The number of carbonyl (C=O) groups excluding carboxylic acids is 1. The zero-order chi connectivity index (χ0) is 12.1. The number of thioether (sulfide) groups is 1. The first-order chi connectivity index (χ1) is 7.56. The van der Waals surface area contributed by atoms with Gasteiger partial charge in [-0.25, -0.2) is 0 Å². The maximum atomic E-state index is 11.2. The van der Waals surface area contributed by atoms with Crippen LogP contribution in [0, 0.1) is 0 Å². The Hall–Kier alpha value is -1.24. The summed E-state index contributed by atoms with van der Waals surface area (Å²) < 4.78 is 6.60. The quantitative estimate of drug-likeness (QED) is 0.616. The summed E-state index contributed by atoms with van der Waals surface area (Å²) in [7, 11) is 0. The van der Waals surface area contributed by atoms with Gasteiger partial charge in [-0.3, -0.25) is 9.36 Å². The van der Waals surface area contributed by atoms with Crippen LogP contribution in [0.2, 0.25) is 0 Å². The summed E-state index contributed by atoms with van der Waals surface area (Å²) in [4.78, 5) is 11.2. The number of esters is 1. The lowest BCUT2D eigenvalue weighted by Crippen LogP contribution is -2.10. The Kier molecular flexibility index (Phi) is 4.60. The van der Waals surface area contributed by atoms with Crippen LogP contribution in [0.25, 0.3) is 0 Å². The van der Waals surface area contributed by atoms with Crippen LogP contribution in [0.4, 0.5) is 5.95 Å². The topological polar surface area (TPSA) is 83.0 Å². The van der Waals surface area contributed by atoms with Gasteiger partial charge in [0.05, 0.1) is 12.4 Å². The normalized spacial score (nSPS) is 10.8. The van der Waals surface area contributed by atoms with Gasteiger partial charge in [0, 0.05) is 6.04 Å². The molecule has 90 valence electrons. The molecule has 0 aromatic carbocycles. The molecular weight excluding hydrogens is 228 g/mol. The van der Waals surface area contributed by atoms with Gasteiger partial charge >= 0.3 is 5.97 Å². The van der Waals surface area contributed by atoms with Crippen LogP contribution in [-0.2, 0) is 9.53 Å². The number of hydrogen-bond donors (Lipinski definition) is 1. The molecule has 0 radical (unpaired) electrons. The second-order valence-electron chi connectivity index (χ2n) is 3.40. The summed E-state index contributed by atoms with van der Waals surface area (Å²) in [6, 6.07) is 0.166. The molecule has 1 aromatic heterocycles. The summed E-state index contributed by atoms with van der Waals surface area (Å²) in [6.07, 6.45) is 0. The number of carbonyl (C=O) groups is 1. The highest BCUT2D eigenvalue weighted by atomic mass is 32.2. The van der Waals surface area contributed by atoms with Gasteiger partial charge in [-0.15, -0.1) is 10.2 Å². The molecule has 0 amide bonds. The second-order valence-corrected chi connectivity index (χ2v) is 4.34. The Labute approximate surface area is 98.6 Å². The van der Waals surface area contributed by atoms with Gasteiger partial charge in [-0.1, -0.05) is 11.8 Å². The van der Waals surface area contributed by atoms with Gasteiger partial charge in [-0.05, 0) is 20.8 Å². The van der Waals surface area contributed by atoms with Crippen molar-refractivity contribution in [3.05, 3.63) is 0 Å². The number of aromatic nitrogens is 3. The summed E-state index contributed by atoms with van der Waals surface area (Å²) in [5.74, 6) is 0.323. The minimum atomic E-state index is -0.260. The third kappa shape index (κ3) is 3.13. The molecular formula is C9H16N4O2S. The van der Waals surface area contributed by atoms with Crippen LogP contribution in [0.15, 0.2) is 5.16 Å². The van der Waals surface area contributed by atoms with Crippen molar-refractivity contribution in [2.24, 2.45) is 0 Å². The minimum Gasteiger partial charge on any atom is -0.465 e. The van der Waals surface area contributed by atoms with E-state index in [0.717, 1.165) is 0 Å². The number of hydrogen-bond acceptors (Lipinski definition) is 6. The fraction of sp³-hybridized carbons (Fsp3) is 0.667. The van der Waals surface area contributed by atoms with Crippen molar-refractivity contribution in [2.75, 3.05) is 18.1 Å². The molecule has 2 N–H and O–H groups in total. The van der Waals surface area contributed by atoms with Crippen molar-refractivity contribution >= 4 is 23.7 Å². The molecule has 1 aromatic rings. The Morgan fingerprint density at radius 2 is 2.25 bits per heavy atom. The molecule has 0 atom stereocenters. The van der Waals surface area contributed by atoms with E-state index in [0.29, 0.717) is 17.7 Å². The van der Waals surface area contributed by atoms with Crippen LogP contribution < -0.4 is 5.73 Å². The Bertz CT molecular complexity index is 364. The maximum Gasteiger partial charge on any atom is 0.316 e. The number of ether oxygens (including phenoxy) is 1. The fourth-order valence-corrected chi connectivity index (χ4v) is 2.07. The van der Waals surface area contributed by atoms with Crippen molar-refractivity contribution in [3.63, 3.8) is 0 Å². The predicted octanol–water partition coefficient (Wildman–Crippen LogP) is 1.10. The third-order valence-electron chi connectivity index (χ3n) is 1.83. The molecule has 0 aliphatic carbocycles. The predicted molar refractivity (Wildman–Crippen MR) is 62.2 cm³/mol. The zero-order valence-corrected chi connectivity index (χ0v) is 10.5. The summed E-state index contributed by atoms with van der Waals surface area (Å²) in [5, 5.41) is 8.33. The molecule has 0 bridgehead atoms. The first kappa shape index (κ1) is 12.8. The molecule has 0 aliphatic rings. The van der Waals surface area contributed by atoms with E-state index < -0.39 is 0 Å².